The van der Waals surface area contributed by atoms with E-state index in [1.807, 2.05) is 0 Å². The molecule has 9 heteroatoms. The van der Waals surface area contributed by atoms with Crippen LogP contribution >= 0.6 is 24.0 Å². The number of hydrogen-bond acceptors (Lipinski definition) is 7. The average molecular weight is 403 g/mol. The summed E-state index contributed by atoms with van der Waals surface area (Å²) in [6, 6.07) is 10.1. The van der Waals surface area contributed by atoms with Gasteiger partial charge in [-0.3, -0.25) is 14.5 Å². The molecular formula is C18H13NO6S2. The van der Waals surface area contributed by atoms with E-state index in [-0.39, 0.29) is 4.32 Å². The van der Waals surface area contributed by atoms with Crippen molar-refractivity contribution in [1.82, 2.24) is 4.90 Å². The number of carboxylic acids is 1. The Hall–Kier alpha value is -2.91. The molecule has 1 aliphatic rings. The Labute approximate surface area is 163 Å². The summed E-state index contributed by atoms with van der Waals surface area (Å²) in [5.74, 6) is -1.04. The molecule has 1 aromatic heterocycles. The van der Waals surface area contributed by atoms with Gasteiger partial charge in [0.05, 0.1) is 17.6 Å². The summed E-state index contributed by atoms with van der Waals surface area (Å²) >= 11 is 6.08. The molecule has 2 heterocycles. The lowest BCUT2D eigenvalue weighted by atomic mass is 10.1. The van der Waals surface area contributed by atoms with Crippen LogP contribution in [-0.4, -0.2) is 45.8 Å². The maximum Gasteiger partial charge on any atom is 0.337 e. The number of benzene rings is 1. The number of nitrogens with zero attached hydrogens (tertiary/aromatic N) is 1. The largest absolute Gasteiger partial charge is 0.480 e. The molecule has 1 aliphatic heterocycles. The molecule has 7 nitrogen and oxygen atoms in total. The van der Waals surface area contributed by atoms with Crippen molar-refractivity contribution in [3.63, 3.8) is 0 Å². The third kappa shape index (κ3) is 4.09. The van der Waals surface area contributed by atoms with E-state index in [1.54, 1.807) is 36.4 Å². The Bertz CT molecular complexity index is 960. The number of rotatable bonds is 5. The van der Waals surface area contributed by atoms with Gasteiger partial charge in [-0.15, -0.1) is 0 Å². The number of aliphatic carboxylic acids is 1. The predicted octanol–water partition coefficient (Wildman–Crippen LogP) is 3.02. The minimum Gasteiger partial charge on any atom is -0.480 e. The van der Waals surface area contributed by atoms with Crippen molar-refractivity contribution in [3.8, 4) is 11.3 Å². The van der Waals surface area contributed by atoms with Crippen molar-refractivity contribution in [3.05, 3.63) is 52.6 Å². The Balaban J connectivity index is 1.79. The van der Waals surface area contributed by atoms with Gasteiger partial charge >= 0.3 is 11.9 Å². The number of hydrogen-bond donors (Lipinski definition) is 1. The lowest BCUT2D eigenvalue weighted by molar-refractivity contribution is -0.140. The Morgan fingerprint density at radius 1 is 1.26 bits per heavy atom. The molecule has 0 atom stereocenters. The zero-order valence-electron chi connectivity index (χ0n) is 14.0. The summed E-state index contributed by atoms with van der Waals surface area (Å²) in [5, 5.41) is 8.85. The van der Waals surface area contributed by atoms with Gasteiger partial charge in [0.1, 0.15) is 22.4 Å². The second-order valence-corrected chi connectivity index (χ2v) is 7.11. The summed E-state index contributed by atoms with van der Waals surface area (Å²) in [5.41, 5.74) is 1.18. The van der Waals surface area contributed by atoms with Crippen LogP contribution in [-0.2, 0) is 14.3 Å². The van der Waals surface area contributed by atoms with E-state index in [9.17, 15) is 14.4 Å². The average Bonchev–Trinajstić information content (AvgIpc) is 3.21. The molecule has 138 valence electrons. The first kappa shape index (κ1) is 18.9. The fourth-order valence-electron chi connectivity index (χ4n) is 2.37. The second kappa shape index (κ2) is 7.77. The van der Waals surface area contributed by atoms with Gasteiger partial charge in [-0.1, -0.05) is 36.1 Å². The van der Waals surface area contributed by atoms with E-state index in [0.29, 0.717) is 22.0 Å². The van der Waals surface area contributed by atoms with Crippen molar-refractivity contribution in [2.75, 3.05) is 13.7 Å². The van der Waals surface area contributed by atoms with Gasteiger partial charge in [0.15, 0.2) is 0 Å². The van der Waals surface area contributed by atoms with E-state index in [1.165, 1.54) is 13.2 Å². The fourth-order valence-corrected chi connectivity index (χ4v) is 3.61. The molecule has 0 bridgehead atoms. The van der Waals surface area contributed by atoms with Crippen molar-refractivity contribution in [2.24, 2.45) is 0 Å². The maximum atomic E-state index is 12.3. The van der Waals surface area contributed by atoms with Crippen molar-refractivity contribution in [1.29, 1.82) is 0 Å². The van der Waals surface area contributed by atoms with Gasteiger partial charge in [0, 0.05) is 11.6 Å². The van der Waals surface area contributed by atoms with Crippen LogP contribution in [0.25, 0.3) is 17.4 Å². The molecule has 1 N–H and O–H groups in total. The first-order valence-corrected chi connectivity index (χ1v) is 8.87. The van der Waals surface area contributed by atoms with E-state index >= 15 is 0 Å². The zero-order chi connectivity index (χ0) is 19.6. The summed E-state index contributed by atoms with van der Waals surface area (Å²) in [6.45, 7) is -0.474. The fraction of sp³-hybridized carbons (Fsp3) is 0.111. The third-order valence-electron chi connectivity index (χ3n) is 3.66. The van der Waals surface area contributed by atoms with Crippen LogP contribution in [0, 0.1) is 0 Å². The number of ether oxygens (including phenoxy) is 1. The number of methoxy groups -OCH3 is 1. The van der Waals surface area contributed by atoms with Gasteiger partial charge in [0.2, 0.25) is 0 Å². The Morgan fingerprint density at radius 3 is 2.59 bits per heavy atom. The number of carbonyl (C=O) groups is 3. The minimum absolute atomic E-state index is 0.193. The Kier molecular flexibility index (Phi) is 5.43. The summed E-state index contributed by atoms with van der Waals surface area (Å²) < 4.78 is 10.6. The van der Waals surface area contributed by atoms with E-state index in [2.05, 4.69) is 4.74 Å². The standard InChI is InChI=1S/C18H13NO6S2/c1-24-17(23)11-4-2-10(3-5-11)13-7-6-12(25-13)8-14-16(22)19(9-15(20)21)18(26)27-14/h2-8H,9H2,1H3,(H,20,21)/b14-8-. The molecular weight excluding hydrogens is 390 g/mol. The predicted molar refractivity (Wildman–Crippen MR) is 103 cm³/mol. The number of carboxylic acid groups (broad SMARTS) is 1. The quantitative estimate of drug-likeness (QED) is 0.462. The molecule has 1 fully saturated rings. The number of amides is 1. The lowest BCUT2D eigenvalue weighted by Crippen LogP contribution is -2.33. The molecule has 0 spiro atoms. The molecule has 0 unspecified atom stereocenters. The van der Waals surface area contributed by atoms with Crippen LogP contribution in [0.15, 0.2) is 45.7 Å². The van der Waals surface area contributed by atoms with Crippen molar-refractivity contribution in [2.45, 2.75) is 0 Å². The second-order valence-electron chi connectivity index (χ2n) is 5.43. The van der Waals surface area contributed by atoms with Crippen LogP contribution in [0.3, 0.4) is 0 Å². The van der Waals surface area contributed by atoms with E-state index in [0.717, 1.165) is 22.2 Å². The maximum absolute atomic E-state index is 12.3. The molecule has 1 aromatic carbocycles. The SMILES string of the molecule is COC(=O)c1ccc(-c2ccc(/C=C3\SC(=S)N(CC(=O)O)C3=O)o2)cc1. The van der Waals surface area contributed by atoms with Gasteiger partial charge in [-0.25, -0.2) is 4.79 Å². The molecule has 0 aliphatic carbocycles. The van der Waals surface area contributed by atoms with E-state index < -0.39 is 24.4 Å². The molecule has 0 saturated carbocycles. The highest BCUT2D eigenvalue weighted by molar-refractivity contribution is 8.26. The van der Waals surface area contributed by atoms with Gasteiger partial charge < -0.3 is 14.3 Å². The monoisotopic (exact) mass is 403 g/mol. The molecule has 1 amide bonds. The summed E-state index contributed by atoms with van der Waals surface area (Å²) in [4.78, 5) is 35.9. The van der Waals surface area contributed by atoms with Gasteiger partial charge in [-0.05, 0) is 24.3 Å². The topological polar surface area (TPSA) is 97.0 Å². The minimum atomic E-state index is -1.14. The zero-order valence-corrected chi connectivity index (χ0v) is 15.6. The number of carbonyl (C=O) groups excluding carboxylic acids is 2. The van der Waals surface area contributed by atoms with Crippen LogP contribution < -0.4 is 0 Å². The Morgan fingerprint density at radius 2 is 1.96 bits per heavy atom. The lowest BCUT2D eigenvalue weighted by Gasteiger charge is -2.09. The smallest absolute Gasteiger partial charge is 0.337 e. The summed E-state index contributed by atoms with van der Waals surface area (Å²) in [6.07, 6.45) is 1.52. The number of furan rings is 1. The van der Waals surface area contributed by atoms with Crippen molar-refractivity contribution >= 4 is 52.2 Å². The van der Waals surface area contributed by atoms with E-state index in [4.69, 9.17) is 21.7 Å². The molecule has 27 heavy (non-hydrogen) atoms. The van der Waals surface area contributed by atoms with Crippen LogP contribution in [0.2, 0.25) is 0 Å². The molecule has 2 aromatic rings. The summed E-state index contributed by atoms with van der Waals surface area (Å²) in [7, 11) is 1.31. The normalized spacial score (nSPS) is 15.4. The third-order valence-corrected chi connectivity index (χ3v) is 5.04. The number of esters is 1. The van der Waals surface area contributed by atoms with Crippen LogP contribution in [0.5, 0.6) is 0 Å². The molecule has 0 radical (unpaired) electrons. The van der Waals surface area contributed by atoms with Crippen molar-refractivity contribution < 1.29 is 28.6 Å². The highest BCUT2D eigenvalue weighted by atomic mass is 32.2. The number of thiocarbonyl (C=S) groups is 1. The first-order chi connectivity index (χ1) is 12.9. The van der Waals surface area contributed by atoms with Gasteiger partial charge in [-0.2, -0.15) is 0 Å². The molecule has 1 saturated heterocycles. The molecule has 3 rings (SSSR count). The highest BCUT2D eigenvalue weighted by Crippen LogP contribution is 2.33. The van der Waals surface area contributed by atoms with Gasteiger partial charge in [0.25, 0.3) is 5.91 Å². The van der Waals surface area contributed by atoms with Crippen LogP contribution in [0.4, 0.5) is 0 Å². The number of thioether (sulfide) groups is 1. The first-order valence-electron chi connectivity index (χ1n) is 7.65. The highest BCUT2D eigenvalue weighted by Gasteiger charge is 2.33. The van der Waals surface area contributed by atoms with Crippen LogP contribution in [0.1, 0.15) is 16.1 Å².